The number of rotatable bonds is 6. The molecule has 0 amide bonds. The summed E-state index contributed by atoms with van der Waals surface area (Å²) in [6.07, 6.45) is 1.69. The van der Waals surface area contributed by atoms with Gasteiger partial charge in [-0.3, -0.25) is 4.98 Å². The summed E-state index contributed by atoms with van der Waals surface area (Å²) in [5, 5.41) is 13.9. The summed E-state index contributed by atoms with van der Waals surface area (Å²) in [6, 6.07) is 5.43. The van der Waals surface area contributed by atoms with E-state index >= 15 is 0 Å². The van der Waals surface area contributed by atoms with Crippen LogP contribution in [-0.4, -0.2) is 10.1 Å². The SMILES string of the molecule is CCC(C)CC(C)(O)c1cccc(CN=[N+]=[N-])n1. The van der Waals surface area contributed by atoms with Gasteiger partial charge in [-0.15, -0.1) is 0 Å². The third-order valence-electron chi connectivity index (χ3n) is 3.10. The van der Waals surface area contributed by atoms with Crippen LogP contribution < -0.4 is 0 Å². The minimum absolute atomic E-state index is 0.212. The van der Waals surface area contributed by atoms with Gasteiger partial charge in [-0.1, -0.05) is 31.4 Å². The lowest BCUT2D eigenvalue weighted by Crippen LogP contribution is -2.25. The molecule has 0 aliphatic rings. The van der Waals surface area contributed by atoms with Crippen LogP contribution in [0, 0.1) is 5.92 Å². The van der Waals surface area contributed by atoms with Gasteiger partial charge in [0.15, 0.2) is 0 Å². The normalized spacial score (nSPS) is 15.6. The maximum atomic E-state index is 10.5. The monoisotopic (exact) mass is 248 g/mol. The number of hydrogen-bond donors (Lipinski definition) is 1. The molecule has 2 atom stereocenters. The van der Waals surface area contributed by atoms with Crippen molar-refractivity contribution in [2.24, 2.45) is 11.0 Å². The van der Waals surface area contributed by atoms with Crippen molar-refractivity contribution in [2.45, 2.75) is 45.8 Å². The highest BCUT2D eigenvalue weighted by atomic mass is 16.3. The van der Waals surface area contributed by atoms with Crippen LogP contribution in [0.15, 0.2) is 23.3 Å². The van der Waals surface area contributed by atoms with Crippen LogP contribution in [0.4, 0.5) is 0 Å². The maximum Gasteiger partial charge on any atom is 0.104 e. The van der Waals surface area contributed by atoms with E-state index in [1.54, 1.807) is 13.0 Å². The number of aliphatic hydroxyl groups is 1. The number of pyridine rings is 1. The molecule has 0 aliphatic carbocycles. The predicted octanol–water partition coefficient (Wildman–Crippen LogP) is 3.54. The molecule has 1 heterocycles. The Balaban J connectivity index is 2.90. The zero-order chi connectivity index (χ0) is 13.6. The average Bonchev–Trinajstić information content (AvgIpc) is 2.36. The van der Waals surface area contributed by atoms with Gasteiger partial charge in [0, 0.05) is 10.6 Å². The Kier molecular flexibility index (Phi) is 5.13. The van der Waals surface area contributed by atoms with Gasteiger partial charge in [0.1, 0.15) is 5.60 Å². The largest absolute Gasteiger partial charge is 0.384 e. The minimum Gasteiger partial charge on any atom is -0.384 e. The zero-order valence-corrected chi connectivity index (χ0v) is 11.2. The summed E-state index contributed by atoms with van der Waals surface area (Å²) in [6.45, 7) is 6.20. The van der Waals surface area contributed by atoms with Crippen molar-refractivity contribution >= 4 is 0 Å². The first-order valence-corrected chi connectivity index (χ1v) is 6.19. The topological polar surface area (TPSA) is 81.9 Å². The van der Waals surface area contributed by atoms with Crippen molar-refractivity contribution in [3.05, 3.63) is 40.0 Å². The third kappa shape index (κ3) is 4.02. The molecule has 2 unspecified atom stereocenters. The van der Waals surface area contributed by atoms with Crippen molar-refractivity contribution in [1.29, 1.82) is 0 Å². The average molecular weight is 248 g/mol. The molecule has 0 bridgehead atoms. The molecule has 18 heavy (non-hydrogen) atoms. The minimum atomic E-state index is -0.943. The molecule has 5 heteroatoms. The van der Waals surface area contributed by atoms with Crippen molar-refractivity contribution in [2.75, 3.05) is 0 Å². The van der Waals surface area contributed by atoms with Crippen LogP contribution in [0.25, 0.3) is 10.4 Å². The van der Waals surface area contributed by atoms with Gasteiger partial charge < -0.3 is 5.11 Å². The van der Waals surface area contributed by atoms with Crippen molar-refractivity contribution in [1.82, 2.24) is 4.98 Å². The summed E-state index contributed by atoms with van der Waals surface area (Å²) in [5.41, 5.74) is 8.65. The van der Waals surface area contributed by atoms with Crippen LogP contribution in [0.3, 0.4) is 0 Å². The molecule has 0 aromatic carbocycles. The third-order valence-corrected chi connectivity index (χ3v) is 3.10. The molecule has 0 fully saturated rings. The Morgan fingerprint density at radius 3 is 2.89 bits per heavy atom. The van der Waals surface area contributed by atoms with Crippen LogP contribution >= 0.6 is 0 Å². The standard InChI is InChI=1S/C13H20N4O/c1-4-10(2)8-13(3,18)12-7-5-6-11(16-12)9-15-17-14/h5-7,10,18H,4,8-9H2,1-3H3. The fourth-order valence-corrected chi connectivity index (χ4v) is 1.90. The quantitative estimate of drug-likeness (QED) is 0.474. The molecular formula is C13H20N4O. The van der Waals surface area contributed by atoms with E-state index in [4.69, 9.17) is 5.53 Å². The maximum absolute atomic E-state index is 10.5. The molecule has 0 spiro atoms. The molecule has 0 saturated heterocycles. The number of hydrogen-bond acceptors (Lipinski definition) is 3. The van der Waals surface area contributed by atoms with E-state index in [-0.39, 0.29) is 6.54 Å². The lowest BCUT2D eigenvalue weighted by atomic mass is 9.88. The molecule has 1 rings (SSSR count). The van der Waals surface area contributed by atoms with E-state index in [9.17, 15) is 5.11 Å². The molecule has 0 radical (unpaired) electrons. The van der Waals surface area contributed by atoms with Gasteiger partial charge >= 0.3 is 0 Å². The smallest absolute Gasteiger partial charge is 0.104 e. The first kappa shape index (κ1) is 14.5. The predicted molar refractivity (Wildman–Crippen MR) is 70.7 cm³/mol. The van der Waals surface area contributed by atoms with E-state index in [0.717, 1.165) is 6.42 Å². The Morgan fingerprint density at radius 1 is 1.56 bits per heavy atom. The lowest BCUT2D eigenvalue weighted by molar-refractivity contribution is 0.0275. The van der Waals surface area contributed by atoms with Gasteiger partial charge in [0.05, 0.1) is 12.2 Å². The summed E-state index contributed by atoms with van der Waals surface area (Å²) in [5.74, 6) is 0.433. The van der Waals surface area contributed by atoms with E-state index in [1.165, 1.54) is 0 Å². The fourth-order valence-electron chi connectivity index (χ4n) is 1.90. The van der Waals surface area contributed by atoms with E-state index in [0.29, 0.717) is 23.7 Å². The highest BCUT2D eigenvalue weighted by molar-refractivity contribution is 5.16. The first-order chi connectivity index (χ1) is 8.49. The highest BCUT2D eigenvalue weighted by Gasteiger charge is 2.26. The molecule has 0 saturated carbocycles. The molecule has 1 aromatic rings. The summed E-state index contributed by atoms with van der Waals surface area (Å²) < 4.78 is 0. The van der Waals surface area contributed by atoms with Gasteiger partial charge in [-0.25, -0.2) is 0 Å². The van der Waals surface area contributed by atoms with Gasteiger partial charge in [-0.2, -0.15) is 0 Å². The van der Waals surface area contributed by atoms with Crippen LogP contribution in [0.5, 0.6) is 0 Å². The Labute approximate surface area is 107 Å². The zero-order valence-electron chi connectivity index (χ0n) is 11.2. The summed E-state index contributed by atoms with van der Waals surface area (Å²) in [4.78, 5) is 7.06. The summed E-state index contributed by atoms with van der Waals surface area (Å²) >= 11 is 0. The molecule has 1 N–H and O–H groups in total. The van der Waals surface area contributed by atoms with Gasteiger partial charge in [0.25, 0.3) is 0 Å². The number of nitrogens with zero attached hydrogens (tertiary/aromatic N) is 4. The van der Waals surface area contributed by atoms with Crippen molar-refractivity contribution in [3.63, 3.8) is 0 Å². The van der Waals surface area contributed by atoms with Crippen molar-refractivity contribution < 1.29 is 5.11 Å². The molecule has 1 aromatic heterocycles. The van der Waals surface area contributed by atoms with E-state index in [2.05, 4.69) is 28.9 Å². The van der Waals surface area contributed by atoms with Crippen LogP contribution in [0.2, 0.25) is 0 Å². The molecular weight excluding hydrogens is 228 g/mol. The lowest BCUT2D eigenvalue weighted by Gasteiger charge is -2.26. The molecule has 0 aliphatic heterocycles. The second kappa shape index (κ2) is 6.38. The number of azide groups is 1. The Hall–Kier alpha value is -1.58. The Morgan fingerprint density at radius 2 is 2.28 bits per heavy atom. The van der Waals surface area contributed by atoms with Gasteiger partial charge in [-0.05, 0) is 36.9 Å². The molecule has 98 valence electrons. The van der Waals surface area contributed by atoms with E-state index in [1.807, 2.05) is 12.1 Å². The van der Waals surface area contributed by atoms with Gasteiger partial charge in [0.2, 0.25) is 0 Å². The van der Waals surface area contributed by atoms with E-state index < -0.39 is 5.60 Å². The highest BCUT2D eigenvalue weighted by Crippen LogP contribution is 2.28. The summed E-state index contributed by atoms with van der Waals surface area (Å²) in [7, 11) is 0. The Bertz CT molecular complexity index is 438. The second-order valence-electron chi connectivity index (χ2n) is 4.89. The fraction of sp³-hybridized carbons (Fsp3) is 0.615. The first-order valence-electron chi connectivity index (χ1n) is 6.19. The van der Waals surface area contributed by atoms with Crippen molar-refractivity contribution in [3.8, 4) is 0 Å². The van der Waals surface area contributed by atoms with Crippen LogP contribution in [-0.2, 0) is 12.1 Å². The van der Waals surface area contributed by atoms with Crippen LogP contribution in [0.1, 0.15) is 45.0 Å². The number of aromatic nitrogens is 1. The second-order valence-corrected chi connectivity index (χ2v) is 4.89. The molecule has 5 nitrogen and oxygen atoms in total.